The molecule has 0 aromatic heterocycles. The van der Waals surface area contributed by atoms with Crippen LogP contribution in [0.25, 0.3) is 0 Å². The highest BCUT2D eigenvalue weighted by Gasteiger charge is 2.31. The number of Topliss-reactive ketones (excluding diaryl/α,β-unsaturated/α-hetero) is 1. The van der Waals surface area contributed by atoms with Crippen molar-refractivity contribution in [1.29, 1.82) is 0 Å². The third-order valence-electron chi connectivity index (χ3n) is 5.32. The average Bonchev–Trinajstić information content (AvgIpc) is 2.78. The summed E-state index contributed by atoms with van der Waals surface area (Å²) >= 11 is 6.15. The number of nitrogens with one attached hydrogen (secondary N) is 1. The highest BCUT2D eigenvalue weighted by molar-refractivity contribution is 7.89. The number of rotatable bonds is 7. The maximum Gasteiger partial charge on any atom is 0.338 e. The number of para-hydroxylation sites is 1. The van der Waals surface area contributed by atoms with Crippen molar-refractivity contribution in [3.05, 3.63) is 58.6 Å². The number of esters is 1. The van der Waals surface area contributed by atoms with E-state index in [0.717, 1.165) is 12.8 Å². The number of ketones is 1. The third kappa shape index (κ3) is 5.98. The zero-order valence-electron chi connectivity index (χ0n) is 18.3. The van der Waals surface area contributed by atoms with Gasteiger partial charge in [-0.3, -0.25) is 9.59 Å². The normalized spacial score (nSPS) is 16.8. The second-order valence-corrected chi connectivity index (χ2v) is 10.3. The van der Waals surface area contributed by atoms with Crippen LogP contribution in [0.2, 0.25) is 5.02 Å². The van der Waals surface area contributed by atoms with E-state index in [1.807, 2.05) is 6.92 Å². The summed E-state index contributed by atoms with van der Waals surface area (Å²) in [6.07, 6.45) is 1.70. The topological polar surface area (TPSA) is 110 Å². The van der Waals surface area contributed by atoms with Gasteiger partial charge in [0.2, 0.25) is 10.0 Å². The van der Waals surface area contributed by atoms with Gasteiger partial charge in [-0.1, -0.05) is 30.7 Å². The van der Waals surface area contributed by atoms with Crippen LogP contribution in [0.4, 0.5) is 5.69 Å². The molecule has 1 fully saturated rings. The van der Waals surface area contributed by atoms with Crippen molar-refractivity contribution in [3.63, 3.8) is 0 Å². The van der Waals surface area contributed by atoms with E-state index in [1.165, 1.54) is 29.4 Å². The quantitative estimate of drug-likeness (QED) is 0.465. The molecule has 1 aliphatic heterocycles. The number of benzene rings is 2. The minimum atomic E-state index is -3.88. The van der Waals surface area contributed by atoms with Gasteiger partial charge in [-0.15, -0.1) is 0 Å². The molecule has 1 unspecified atom stereocenters. The summed E-state index contributed by atoms with van der Waals surface area (Å²) in [4.78, 5) is 36.2. The lowest BCUT2D eigenvalue weighted by atomic mass is 10.0. The first-order valence-corrected chi connectivity index (χ1v) is 12.3. The van der Waals surface area contributed by atoms with E-state index >= 15 is 0 Å². The Hall–Kier alpha value is -2.75. The number of carbonyl (C=O) groups excluding carboxylic acids is 3. The molecule has 176 valence electrons. The van der Waals surface area contributed by atoms with Gasteiger partial charge in [0, 0.05) is 18.7 Å². The fourth-order valence-electron chi connectivity index (χ4n) is 3.63. The van der Waals surface area contributed by atoms with Crippen LogP contribution in [0.15, 0.2) is 47.4 Å². The number of anilines is 1. The SMILES string of the molecule is CC(=O)c1ccccc1NC(=O)COC(=O)c1ccc(Cl)c(S(=O)(=O)N2CCCC(C)C2)c1. The van der Waals surface area contributed by atoms with Crippen molar-refractivity contribution in [3.8, 4) is 0 Å². The van der Waals surface area contributed by atoms with Crippen molar-refractivity contribution in [1.82, 2.24) is 4.31 Å². The predicted octanol–water partition coefficient (Wildman–Crippen LogP) is 3.76. The molecule has 1 heterocycles. The van der Waals surface area contributed by atoms with Gasteiger partial charge in [0.25, 0.3) is 5.91 Å². The van der Waals surface area contributed by atoms with Crippen LogP contribution in [-0.4, -0.2) is 50.1 Å². The average molecular weight is 493 g/mol. The first-order valence-electron chi connectivity index (χ1n) is 10.5. The fraction of sp³-hybridized carbons (Fsp3) is 0.348. The third-order valence-corrected chi connectivity index (χ3v) is 7.67. The van der Waals surface area contributed by atoms with E-state index in [9.17, 15) is 22.8 Å². The number of amides is 1. The molecular weight excluding hydrogens is 468 g/mol. The molecule has 1 atom stereocenters. The van der Waals surface area contributed by atoms with Crippen molar-refractivity contribution >= 4 is 45.0 Å². The van der Waals surface area contributed by atoms with Gasteiger partial charge >= 0.3 is 5.97 Å². The minimum Gasteiger partial charge on any atom is -0.452 e. The highest BCUT2D eigenvalue weighted by Crippen LogP contribution is 2.29. The van der Waals surface area contributed by atoms with Gasteiger partial charge in [-0.05, 0) is 56.0 Å². The number of nitrogens with zero attached hydrogens (tertiary/aromatic N) is 1. The van der Waals surface area contributed by atoms with Gasteiger partial charge in [0.05, 0.1) is 16.3 Å². The second kappa shape index (κ2) is 10.5. The van der Waals surface area contributed by atoms with Crippen molar-refractivity contribution in [2.75, 3.05) is 25.0 Å². The molecule has 2 aromatic rings. The van der Waals surface area contributed by atoms with E-state index < -0.39 is 28.5 Å². The Bertz CT molecular complexity index is 1180. The first kappa shape index (κ1) is 24.9. The van der Waals surface area contributed by atoms with Gasteiger partial charge in [-0.25, -0.2) is 13.2 Å². The van der Waals surface area contributed by atoms with Crippen LogP contribution in [0.3, 0.4) is 0 Å². The van der Waals surface area contributed by atoms with Crippen molar-refractivity contribution in [2.45, 2.75) is 31.6 Å². The van der Waals surface area contributed by atoms with Crippen LogP contribution in [0, 0.1) is 5.92 Å². The standard InChI is InChI=1S/C23H25ClN2O6S/c1-15-6-5-11-26(13-15)33(30,31)21-12-17(9-10-19(21)24)23(29)32-14-22(28)25-20-8-4-3-7-18(20)16(2)27/h3-4,7-10,12,15H,5-6,11,13-14H2,1-2H3,(H,25,28). The molecule has 0 aliphatic carbocycles. The summed E-state index contributed by atoms with van der Waals surface area (Å²) < 4.78 is 32.6. The van der Waals surface area contributed by atoms with Gasteiger partial charge in [-0.2, -0.15) is 4.31 Å². The summed E-state index contributed by atoms with van der Waals surface area (Å²) in [7, 11) is -3.88. The molecule has 33 heavy (non-hydrogen) atoms. The lowest BCUT2D eigenvalue weighted by Gasteiger charge is -2.30. The van der Waals surface area contributed by atoms with Gasteiger partial charge < -0.3 is 10.1 Å². The molecule has 1 amide bonds. The monoisotopic (exact) mass is 492 g/mol. The van der Waals surface area contributed by atoms with E-state index in [0.29, 0.717) is 24.3 Å². The van der Waals surface area contributed by atoms with Crippen LogP contribution in [-0.2, 0) is 19.6 Å². The number of hydrogen-bond donors (Lipinski definition) is 1. The molecule has 0 spiro atoms. The smallest absolute Gasteiger partial charge is 0.338 e. The van der Waals surface area contributed by atoms with Crippen molar-refractivity contribution in [2.24, 2.45) is 5.92 Å². The Morgan fingerprint density at radius 2 is 1.91 bits per heavy atom. The van der Waals surface area contributed by atoms with Crippen LogP contribution < -0.4 is 5.32 Å². The summed E-state index contributed by atoms with van der Waals surface area (Å²) in [6.45, 7) is 3.52. The Kier molecular flexibility index (Phi) is 7.88. The molecule has 0 radical (unpaired) electrons. The van der Waals surface area contributed by atoms with Crippen molar-refractivity contribution < 1.29 is 27.5 Å². The molecule has 1 N–H and O–H groups in total. The molecular formula is C23H25ClN2O6S. The van der Waals surface area contributed by atoms with Gasteiger partial charge in [0.1, 0.15) is 4.90 Å². The number of hydrogen-bond acceptors (Lipinski definition) is 6. The second-order valence-electron chi connectivity index (χ2n) is 7.98. The zero-order chi connectivity index (χ0) is 24.2. The molecule has 10 heteroatoms. The predicted molar refractivity (Wildman–Crippen MR) is 124 cm³/mol. The zero-order valence-corrected chi connectivity index (χ0v) is 19.9. The van der Waals surface area contributed by atoms with Crippen LogP contribution in [0.5, 0.6) is 0 Å². The van der Waals surface area contributed by atoms with E-state index in [4.69, 9.17) is 16.3 Å². The Morgan fingerprint density at radius 3 is 2.61 bits per heavy atom. The fourth-order valence-corrected chi connectivity index (χ4v) is 5.73. The molecule has 1 saturated heterocycles. The van der Waals surface area contributed by atoms with E-state index in [-0.39, 0.29) is 27.2 Å². The van der Waals surface area contributed by atoms with E-state index in [1.54, 1.807) is 24.3 Å². The molecule has 2 aromatic carbocycles. The number of carbonyl (C=O) groups is 3. The number of halogens is 1. The minimum absolute atomic E-state index is 0.00311. The molecule has 3 rings (SSSR count). The maximum atomic E-state index is 13.1. The summed E-state index contributed by atoms with van der Waals surface area (Å²) in [5, 5.41) is 2.53. The van der Waals surface area contributed by atoms with E-state index in [2.05, 4.69) is 5.32 Å². The van der Waals surface area contributed by atoms with Crippen LogP contribution >= 0.6 is 11.6 Å². The lowest BCUT2D eigenvalue weighted by Crippen LogP contribution is -2.39. The molecule has 1 aliphatic rings. The molecule has 8 nitrogen and oxygen atoms in total. The highest BCUT2D eigenvalue weighted by atomic mass is 35.5. The summed E-state index contributed by atoms with van der Waals surface area (Å²) in [5.41, 5.74) is 0.596. The molecule has 0 saturated carbocycles. The largest absolute Gasteiger partial charge is 0.452 e. The Balaban J connectivity index is 1.70. The first-order chi connectivity index (χ1) is 15.6. The number of ether oxygens (including phenoxy) is 1. The lowest BCUT2D eigenvalue weighted by molar-refractivity contribution is -0.119. The number of piperidine rings is 1. The summed E-state index contributed by atoms with van der Waals surface area (Å²) in [5.74, 6) is -1.50. The summed E-state index contributed by atoms with van der Waals surface area (Å²) in [6, 6.07) is 10.3. The Morgan fingerprint density at radius 1 is 1.18 bits per heavy atom. The molecule has 0 bridgehead atoms. The number of sulfonamides is 1. The maximum absolute atomic E-state index is 13.1. The van der Waals surface area contributed by atoms with Gasteiger partial charge in [0.15, 0.2) is 12.4 Å². The Labute approximate surface area is 197 Å². The van der Waals surface area contributed by atoms with Crippen LogP contribution in [0.1, 0.15) is 47.4 Å².